The van der Waals surface area contributed by atoms with Crippen LogP contribution in [0, 0.1) is 22.7 Å². The smallest absolute Gasteiger partial charge is 1.00 e. The molecular weight excluding hydrogens is 215 g/mol. The third-order valence-corrected chi connectivity index (χ3v) is 1.71. The molecule has 4 nitrogen and oxygen atoms in total. The van der Waals surface area contributed by atoms with Gasteiger partial charge in [0, 0.05) is 0 Å². The second-order valence-electron chi connectivity index (χ2n) is 2.71. The molecule has 1 aromatic carbocycles. The number of hydrogen-bond donors (Lipinski definition) is 1. The number of nitrogens with zero attached hydrogens (tertiary/aromatic N) is 2. The Bertz CT molecular complexity index is 482. The number of aromatic carboxylic acids is 1. The number of nitriles is 2. The first kappa shape index (κ1) is 14.4. The van der Waals surface area contributed by atoms with Crippen LogP contribution in [0.2, 0.25) is 0 Å². The molecule has 0 aromatic heterocycles. The van der Waals surface area contributed by atoms with Crippen molar-refractivity contribution in [2.45, 2.75) is 0 Å². The summed E-state index contributed by atoms with van der Waals surface area (Å²) in [4.78, 5) is 10.5. The number of benzene rings is 1. The van der Waals surface area contributed by atoms with Gasteiger partial charge in [-0.25, -0.2) is 4.79 Å². The normalized spacial score (nSPS) is 7.88. The van der Waals surface area contributed by atoms with Gasteiger partial charge in [-0.05, 0) is 23.8 Å². The summed E-state index contributed by atoms with van der Waals surface area (Å²) in [5, 5.41) is 25.6. The molecule has 0 unspecified atom stereocenters. The number of hydrogen-bond acceptors (Lipinski definition) is 3. The molecule has 1 rings (SSSR count). The summed E-state index contributed by atoms with van der Waals surface area (Å²) in [6.07, 6.45) is 1.39. The van der Waals surface area contributed by atoms with E-state index in [1.807, 2.05) is 0 Å². The minimum Gasteiger partial charge on any atom is -1.00 e. The second kappa shape index (κ2) is 6.81. The average molecular weight is 222 g/mol. The van der Waals surface area contributed by atoms with Crippen LogP contribution in [0.15, 0.2) is 29.8 Å². The van der Waals surface area contributed by atoms with E-state index in [1.54, 1.807) is 12.1 Å². The van der Waals surface area contributed by atoms with Crippen molar-refractivity contribution >= 4 is 12.0 Å². The molecule has 5 heteroatoms. The fourth-order valence-corrected chi connectivity index (χ4v) is 0.978. The van der Waals surface area contributed by atoms with Crippen molar-refractivity contribution in [3.63, 3.8) is 0 Å². The Morgan fingerprint density at radius 1 is 1.25 bits per heavy atom. The molecule has 0 heterocycles. The molecule has 0 aliphatic rings. The van der Waals surface area contributed by atoms with E-state index in [1.165, 1.54) is 30.3 Å². The topological polar surface area (TPSA) is 84.9 Å². The van der Waals surface area contributed by atoms with Gasteiger partial charge in [-0.3, -0.25) is 0 Å². The third-order valence-electron chi connectivity index (χ3n) is 1.71. The van der Waals surface area contributed by atoms with Crippen molar-refractivity contribution in [2.75, 3.05) is 0 Å². The van der Waals surface area contributed by atoms with E-state index >= 15 is 0 Å². The molecular formula is C11H7N2NaO2. The number of rotatable bonds is 2. The maximum Gasteiger partial charge on any atom is 1.00 e. The number of carboxylic acids is 1. The van der Waals surface area contributed by atoms with Crippen LogP contribution in [-0.4, -0.2) is 11.1 Å². The van der Waals surface area contributed by atoms with Crippen molar-refractivity contribution in [1.82, 2.24) is 0 Å². The summed E-state index contributed by atoms with van der Waals surface area (Å²) in [6.45, 7) is 0. The summed E-state index contributed by atoms with van der Waals surface area (Å²) in [5.74, 6) is -1.01. The van der Waals surface area contributed by atoms with Gasteiger partial charge in [-0.2, -0.15) is 10.5 Å². The van der Waals surface area contributed by atoms with Crippen molar-refractivity contribution in [3.05, 3.63) is 41.0 Å². The van der Waals surface area contributed by atoms with Crippen LogP contribution in [0.4, 0.5) is 0 Å². The Morgan fingerprint density at radius 2 is 1.75 bits per heavy atom. The molecule has 0 aliphatic heterocycles. The molecule has 0 saturated carbocycles. The van der Waals surface area contributed by atoms with Crippen LogP contribution < -0.4 is 29.6 Å². The maximum absolute atomic E-state index is 10.5. The van der Waals surface area contributed by atoms with Crippen molar-refractivity contribution < 1.29 is 40.9 Å². The molecule has 0 atom stereocenters. The van der Waals surface area contributed by atoms with Gasteiger partial charge >= 0.3 is 35.5 Å². The zero-order chi connectivity index (χ0) is 11.3. The molecule has 0 amide bonds. The van der Waals surface area contributed by atoms with E-state index in [2.05, 4.69) is 0 Å². The SMILES string of the molecule is N#CC(C#N)=Cc1ccc(C(=O)O)cc1.[H-].[Na+]. The minimum absolute atomic E-state index is 0. The standard InChI is InChI=1S/C11H6N2O2.Na.H/c12-6-9(7-13)5-8-1-3-10(4-2-8)11(14)15;;/h1-5H,(H,14,15);;/q;+1;-1. The van der Waals surface area contributed by atoms with Gasteiger partial charge in [0.15, 0.2) is 0 Å². The first-order valence-corrected chi connectivity index (χ1v) is 4.02. The summed E-state index contributed by atoms with van der Waals surface area (Å²) < 4.78 is 0. The first-order valence-electron chi connectivity index (χ1n) is 4.02. The van der Waals surface area contributed by atoms with Crippen molar-refractivity contribution in [1.29, 1.82) is 10.5 Å². The predicted molar refractivity (Wildman–Crippen MR) is 53.7 cm³/mol. The van der Waals surface area contributed by atoms with E-state index in [9.17, 15) is 4.79 Å². The Hall–Kier alpha value is -1.59. The van der Waals surface area contributed by atoms with Crippen LogP contribution in [0.5, 0.6) is 0 Å². The summed E-state index contributed by atoms with van der Waals surface area (Å²) in [7, 11) is 0. The Balaban J connectivity index is 0. The van der Waals surface area contributed by atoms with Gasteiger partial charge in [0.25, 0.3) is 0 Å². The van der Waals surface area contributed by atoms with Gasteiger partial charge in [0.05, 0.1) is 5.56 Å². The number of allylic oxidation sites excluding steroid dienone is 1. The van der Waals surface area contributed by atoms with Crippen LogP contribution >= 0.6 is 0 Å². The van der Waals surface area contributed by atoms with Crippen LogP contribution in [0.3, 0.4) is 0 Å². The van der Waals surface area contributed by atoms with Crippen molar-refractivity contribution in [2.24, 2.45) is 0 Å². The monoisotopic (exact) mass is 222 g/mol. The zero-order valence-electron chi connectivity index (χ0n) is 9.64. The molecule has 0 aliphatic carbocycles. The minimum atomic E-state index is -1.01. The molecule has 0 fully saturated rings. The molecule has 0 spiro atoms. The van der Waals surface area contributed by atoms with E-state index < -0.39 is 5.97 Å². The predicted octanol–water partition coefficient (Wildman–Crippen LogP) is -1.07. The van der Waals surface area contributed by atoms with Gasteiger partial charge < -0.3 is 6.53 Å². The fraction of sp³-hybridized carbons (Fsp3) is 0. The Labute approximate surface area is 116 Å². The quantitative estimate of drug-likeness (QED) is 0.510. The number of carbonyl (C=O) groups is 1. The Kier molecular flexibility index (Phi) is 6.14. The zero-order valence-corrected chi connectivity index (χ0v) is 10.6. The van der Waals surface area contributed by atoms with Crippen molar-refractivity contribution in [3.8, 4) is 12.1 Å². The molecule has 1 aromatic rings. The van der Waals surface area contributed by atoms with E-state index in [0.717, 1.165) is 0 Å². The van der Waals surface area contributed by atoms with Gasteiger partial charge in [0.1, 0.15) is 17.7 Å². The second-order valence-corrected chi connectivity index (χ2v) is 2.71. The molecule has 0 bridgehead atoms. The Morgan fingerprint density at radius 3 is 2.12 bits per heavy atom. The van der Waals surface area contributed by atoms with Gasteiger partial charge in [0.2, 0.25) is 0 Å². The molecule has 1 N–H and O–H groups in total. The molecule has 0 saturated heterocycles. The van der Waals surface area contributed by atoms with Crippen LogP contribution in [0.25, 0.3) is 6.08 Å². The molecule has 0 radical (unpaired) electrons. The summed E-state index contributed by atoms with van der Waals surface area (Å²) in [5.41, 5.74) is 0.777. The molecule has 16 heavy (non-hydrogen) atoms. The number of carboxylic acid groups (broad SMARTS) is 1. The largest absolute Gasteiger partial charge is 1.00 e. The average Bonchev–Trinajstić information content (AvgIpc) is 2.26. The molecule has 74 valence electrons. The van der Waals surface area contributed by atoms with Crippen LogP contribution in [-0.2, 0) is 0 Å². The third kappa shape index (κ3) is 3.88. The van der Waals surface area contributed by atoms with Gasteiger partial charge in [-0.15, -0.1) is 0 Å². The maximum atomic E-state index is 10.5. The summed E-state index contributed by atoms with van der Waals surface area (Å²) >= 11 is 0. The summed E-state index contributed by atoms with van der Waals surface area (Å²) in [6, 6.07) is 9.36. The first-order chi connectivity index (χ1) is 7.17. The fourth-order valence-electron chi connectivity index (χ4n) is 0.978. The van der Waals surface area contributed by atoms with E-state index in [-0.39, 0.29) is 42.1 Å². The van der Waals surface area contributed by atoms with Gasteiger partial charge in [-0.1, -0.05) is 12.1 Å². The van der Waals surface area contributed by atoms with Crippen LogP contribution in [0.1, 0.15) is 17.3 Å². The van der Waals surface area contributed by atoms with E-state index in [4.69, 9.17) is 15.6 Å². The van der Waals surface area contributed by atoms with E-state index in [0.29, 0.717) is 5.56 Å².